The van der Waals surface area contributed by atoms with E-state index in [-0.39, 0.29) is 11.8 Å². The molecule has 1 N–H and O–H groups in total. The molecular formula is C24H32N2O3. The molecule has 0 radical (unpaired) electrons. The van der Waals surface area contributed by atoms with Gasteiger partial charge in [0.1, 0.15) is 11.8 Å². The molecule has 2 rings (SSSR count). The normalized spacial score (nSPS) is 11.8. The monoisotopic (exact) mass is 396 g/mol. The van der Waals surface area contributed by atoms with Crippen LogP contribution in [0.25, 0.3) is 0 Å². The van der Waals surface area contributed by atoms with Crippen LogP contribution in [-0.2, 0) is 22.6 Å². The molecule has 2 aromatic carbocycles. The Kier molecular flexibility index (Phi) is 8.71. The van der Waals surface area contributed by atoms with Crippen molar-refractivity contribution in [2.45, 2.75) is 46.2 Å². The Labute approximate surface area is 174 Å². The number of nitrogens with zero attached hydrogens (tertiary/aromatic N) is 1. The summed E-state index contributed by atoms with van der Waals surface area (Å²) in [7, 11) is 1.62. The molecule has 29 heavy (non-hydrogen) atoms. The fraction of sp³-hybridized carbons (Fsp3) is 0.417. The molecule has 156 valence electrons. The van der Waals surface area contributed by atoms with Crippen LogP contribution in [0.15, 0.2) is 54.6 Å². The van der Waals surface area contributed by atoms with E-state index in [1.807, 2.05) is 54.6 Å². The summed E-state index contributed by atoms with van der Waals surface area (Å²) in [6.45, 7) is 6.74. The minimum atomic E-state index is -0.566. The maximum atomic E-state index is 13.0. The Balaban J connectivity index is 2.22. The topological polar surface area (TPSA) is 58.6 Å². The van der Waals surface area contributed by atoms with E-state index in [2.05, 4.69) is 19.2 Å². The molecule has 0 unspecified atom stereocenters. The zero-order chi connectivity index (χ0) is 21.2. The second-order valence-electron chi connectivity index (χ2n) is 7.67. The van der Waals surface area contributed by atoms with E-state index >= 15 is 0 Å². The summed E-state index contributed by atoms with van der Waals surface area (Å²) in [6, 6.07) is 16.8. The van der Waals surface area contributed by atoms with E-state index in [9.17, 15) is 9.59 Å². The maximum Gasteiger partial charge on any atom is 0.243 e. The van der Waals surface area contributed by atoms with Crippen LogP contribution in [0, 0.1) is 5.92 Å². The minimum Gasteiger partial charge on any atom is -0.497 e. The maximum absolute atomic E-state index is 13.0. The van der Waals surface area contributed by atoms with Gasteiger partial charge in [-0.15, -0.1) is 0 Å². The van der Waals surface area contributed by atoms with Gasteiger partial charge < -0.3 is 15.0 Å². The molecule has 0 aliphatic rings. The van der Waals surface area contributed by atoms with Crippen molar-refractivity contribution in [3.63, 3.8) is 0 Å². The lowest BCUT2D eigenvalue weighted by Gasteiger charge is -2.30. The SMILES string of the molecule is COc1ccc(CN(C(C)=O)[C@@H](Cc2ccccc2)C(=O)NCCC(C)C)cc1. The van der Waals surface area contributed by atoms with Crippen molar-refractivity contribution in [2.75, 3.05) is 13.7 Å². The van der Waals surface area contributed by atoms with Gasteiger partial charge in [-0.25, -0.2) is 0 Å². The van der Waals surface area contributed by atoms with E-state index in [0.717, 1.165) is 23.3 Å². The number of carbonyl (C=O) groups is 2. The number of amides is 2. The number of ether oxygens (including phenoxy) is 1. The zero-order valence-electron chi connectivity index (χ0n) is 17.9. The molecule has 2 amide bonds. The van der Waals surface area contributed by atoms with Crippen LogP contribution >= 0.6 is 0 Å². The summed E-state index contributed by atoms with van der Waals surface area (Å²) >= 11 is 0. The predicted molar refractivity (Wildman–Crippen MR) is 116 cm³/mol. The Morgan fingerprint density at radius 3 is 2.21 bits per heavy atom. The molecule has 5 heteroatoms. The molecule has 5 nitrogen and oxygen atoms in total. The van der Waals surface area contributed by atoms with Gasteiger partial charge in [-0.05, 0) is 35.6 Å². The quantitative estimate of drug-likeness (QED) is 0.664. The van der Waals surface area contributed by atoms with Gasteiger partial charge >= 0.3 is 0 Å². The molecule has 0 aliphatic heterocycles. The van der Waals surface area contributed by atoms with Crippen LogP contribution in [0.3, 0.4) is 0 Å². The van der Waals surface area contributed by atoms with E-state index in [0.29, 0.717) is 25.4 Å². The van der Waals surface area contributed by atoms with Gasteiger partial charge in [0, 0.05) is 26.4 Å². The number of carbonyl (C=O) groups excluding carboxylic acids is 2. The van der Waals surface area contributed by atoms with Crippen molar-refractivity contribution in [2.24, 2.45) is 5.92 Å². The minimum absolute atomic E-state index is 0.113. The Hall–Kier alpha value is -2.82. The molecule has 0 fully saturated rings. The van der Waals surface area contributed by atoms with Crippen molar-refractivity contribution in [3.05, 3.63) is 65.7 Å². The van der Waals surface area contributed by atoms with Crippen molar-refractivity contribution in [1.29, 1.82) is 0 Å². The highest BCUT2D eigenvalue weighted by Crippen LogP contribution is 2.17. The second kappa shape index (κ2) is 11.2. The van der Waals surface area contributed by atoms with Gasteiger partial charge in [-0.3, -0.25) is 9.59 Å². The van der Waals surface area contributed by atoms with Crippen LogP contribution in [0.1, 0.15) is 38.3 Å². The first-order valence-electron chi connectivity index (χ1n) is 10.1. The van der Waals surface area contributed by atoms with Crippen molar-refractivity contribution in [1.82, 2.24) is 10.2 Å². The van der Waals surface area contributed by atoms with Crippen molar-refractivity contribution >= 4 is 11.8 Å². The van der Waals surface area contributed by atoms with Gasteiger partial charge in [0.2, 0.25) is 11.8 Å². The zero-order valence-corrected chi connectivity index (χ0v) is 17.9. The Morgan fingerprint density at radius 1 is 1.00 bits per heavy atom. The van der Waals surface area contributed by atoms with Crippen LogP contribution in [0.5, 0.6) is 5.75 Å². The molecule has 0 saturated heterocycles. The first-order chi connectivity index (χ1) is 13.9. The first-order valence-corrected chi connectivity index (χ1v) is 10.1. The smallest absolute Gasteiger partial charge is 0.243 e. The van der Waals surface area contributed by atoms with E-state index < -0.39 is 6.04 Å². The molecular weight excluding hydrogens is 364 g/mol. The lowest BCUT2D eigenvalue weighted by atomic mass is 10.0. The summed E-state index contributed by atoms with van der Waals surface area (Å²) in [4.78, 5) is 27.2. The van der Waals surface area contributed by atoms with Gasteiger partial charge in [-0.2, -0.15) is 0 Å². The fourth-order valence-electron chi connectivity index (χ4n) is 3.15. The highest BCUT2D eigenvalue weighted by Gasteiger charge is 2.28. The second-order valence-corrected chi connectivity index (χ2v) is 7.67. The van der Waals surface area contributed by atoms with Gasteiger partial charge in [0.15, 0.2) is 0 Å². The van der Waals surface area contributed by atoms with Gasteiger partial charge in [-0.1, -0.05) is 56.3 Å². The number of hydrogen-bond donors (Lipinski definition) is 1. The predicted octanol–water partition coefficient (Wildman–Crippen LogP) is 3.82. The molecule has 0 aromatic heterocycles. The third kappa shape index (κ3) is 7.26. The summed E-state index contributed by atoms with van der Waals surface area (Å²) in [5.74, 6) is 1.03. The van der Waals surface area contributed by atoms with Crippen molar-refractivity contribution < 1.29 is 14.3 Å². The lowest BCUT2D eigenvalue weighted by Crippen LogP contribution is -2.50. The molecule has 0 spiro atoms. The standard InChI is InChI=1S/C24H32N2O3/c1-18(2)14-15-25-24(28)23(16-20-8-6-5-7-9-20)26(19(3)27)17-21-10-12-22(29-4)13-11-21/h5-13,18,23H,14-17H2,1-4H3,(H,25,28)/t23-/m0/s1. The molecule has 0 bridgehead atoms. The number of rotatable bonds is 10. The molecule has 0 heterocycles. The third-order valence-corrected chi connectivity index (χ3v) is 4.89. The van der Waals surface area contributed by atoms with Crippen LogP contribution in [-0.4, -0.2) is 36.4 Å². The average Bonchev–Trinajstić information content (AvgIpc) is 2.71. The Bertz CT molecular complexity index is 772. The molecule has 2 aromatic rings. The van der Waals surface area contributed by atoms with Crippen LogP contribution in [0.4, 0.5) is 0 Å². The summed E-state index contributed by atoms with van der Waals surface area (Å²) < 4.78 is 5.21. The molecule has 0 aliphatic carbocycles. The fourth-order valence-corrected chi connectivity index (χ4v) is 3.15. The number of nitrogens with one attached hydrogen (secondary N) is 1. The largest absolute Gasteiger partial charge is 0.497 e. The van der Waals surface area contributed by atoms with Crippen LogP contribution < -0.4 is 10.1 Å². The van der Waals surface area contributed by atoms with E-state index in [1.165, 1.54) is 6.92 Å². The first kappa shape index (κ1) is 22.5. The summed E-state index contributed by atoms with van der Waals surface area (Å²) in [5.41, 5.74) is 1.98. The summed E-state index contributed by atoms with van der Waals surface area (Å²) in [6.07, 6.45) is 1.38. The van der Waals surface area contributed by atoms with Gasteiger partial charge in [0.05, 0.1) is 7.11 Å². The third-order valence-electron chi connectivity index (χ3n) is 4.89. The van der Waals surface area contributed by atoms with Gasteiger partial charge in [0.25, 0.3) is 0 Å². The average molecular weight is 397 g/mol. The highest BCUT2D eigenvalue weighted by molar-refractivity contribution is 5.87. The number of methoxy groups -OCH3 is 1. The molecule has 1 atom stereocenters. The van der Waals surface area contributed by atoms with Crippen LogP contribution in [0.2, 0.25) is 0 Å². The van der Waals surface area contributed by atoms with E-state index in [4.69, 9.17) is 4.74 Å². The highest BCUT2D eigenvalue weighted by atomic mass is 16.5. The van der Waals surface area contributed by atoms with E-state index in [1.54, 1.807) is 12.0 Å². The lowest BCUT2D eigenvalue weighted by molar-refractivity contribution is -0.139. The molecule has 0 saturated carbocycles. The summed E-state index contributed by atoms with van der Waals surface area (Å²) in [5, 5.41) is 3.02. The van der Waals surface area contributed by atoms with Crippen molar-refractivity contribution in [3.8, 4) is 5.75 Å². The number of hydrogen-bond acceptors (Lipinski definition) is 3. The number of benzene rings is 2. The Morgan fingerprint density at radius 2 is 1.66 bits per heavy atom.